The number of ether oxygens (including phenoxy) is 1. The number of aliphatic hydroxyl groups is 1. The molecule has 0 aromatic heterocycles. The smallest absolute Gasteiger partial charge is 0.295 e. The summed E-state index contributed by atoms with van der Waals surface area (Å²) in [7, 11) is 0. The van der Waals surface area contributed by atoms with Gasteiger partial charge in [-0.2, -0.15) is 0 Å². The molecule has 1 N–H and O–H groups in total. The molecular formula is C29H28FNO4. The van der Waals surface area contributed by atoms with Crippen molar-refractivity contribution < 1.29 is 23.8 Å². The number of carbonyl (C=O) groups excluding carboxylic acids is 2. The maximum Gasteiger partial charge on any atom is 0.295 e. The molecule has 0 radical (unpaired) electrons. The Morgan fingerprint density at radius 3 is 2.40 bits per heavy atom. The number of aliphatic hydroxyl groups excluding tert-OH is 1. The largest absolute Gasteiger partial charge is 0.507 e. The molecule has 1 amide bonds. The summed E-state index contributed by atoms with van der Waals surface area (Å²) in [6.07, 6.45) is 1.54. The number of carbonyl (C=O) groups is 2. The summed E-state index contributed by atoms with van der Waals surface area (Å²) >= 11 is 0. The van der Waals surface area contributed by atoms with Crippen LogP contribution < -0.4 is 4.74 Å². The van der Waals surface area contributed by atoms with Crippen LogP contribution in [0.2, 0.25) is 0 Å². The fourth-order valence-corrected chi connectivity index (χ4v) is 4.28. The van der Waals surface area contributed by atoms with Crippen LogP contribution in [0.3, 0.4) is 0 Å². The van der Waals surface area contributed by atoms with Gasteiger partial charge in [0, 0.05) is 12.1 Å². The molecule has 4 rings (SSSR count). The van der Waals surface area contributed by atoms with Gasteiger partial charge in [0.2, 0.25) is 0 Å². The molecule has 6 heteroatoms. The van der Waals surface area contributed by atoms with Crippen molar-refractivity contribution in [1.82, 2.24) is 4.90 Å². The van der Waals surface area contributed by atoms with Gasteiger partial charge in [0.15, 0.2) is 0 Å². The Balaban J connectivity index is 1.69. The first kappa shape index (κ1) is 24.2. The molecule has 3 aromatic carbocycles. The van der Waals surface area contributed by atoms with Crippen molar-refractivity contribution in [2.45, 2.75) is 39.3 Å². The van der Waals surface area contributed by atoms with Gasteiger partial charge in [0.1, 0.15) is 23.9 Å². The van der Waals surface area contributed by atoms with E-state index in [9.17, 15) is 19.1 Å². The minimum Gasteiger partial charge on any atom is -0.507 e. The highest BCUT2D eigenvalue weighted by molar-refractivity contribution is 6.46. The highest BCUT2D eigenvalue weighted by Crippen LogP contribution is 2.40. The Morgan fingerprint density at radius 2 is 1.74 bits per heavy atom. The molecule has 1 heterocycles. The molecule has 35 heavy (non-hydrogen) atoms. The predicted molar refractivity (Wildman–Crippen MR) is 132 cm³/mol. The Bertz CT molecular complexity index is 1250. The molecule has 0 spiro atoms. The quantitative estimate of drug-likeness (QED) is 0.250. The maximum atomic E-state index is 13.6. The van der Waals surface area contributed by atoms with Crippen molar-refractivity contribution in [2.24, 2.45) is 0 Å². The van der Waals surface area contributed by atoms with Crippen molar-refractivity contribution >= 4 is 17.4 Å². The molecule has 0 bridgehead atoms. The number of amides is 1. The third-order valence-electron chi connectivity index (χ3n) is 6.16. The fourth-order valence-electron chi connectivity index (χ4n) is 4.28. The molecule has 1 atom stereocenters. The predicted octanol–water partition coefficient (Wildman–Crippen LogP) is 5.93. The van der Waals surface area contributed by atoms with Crippen LogP contribution in [-0.4, -0.2) is 28.2 Å². The van der Waals surface area contributed by atoms with Crippen LogP contribution in [0.4, 0.5) is 4.39 Å². The van der Waals surface area contributed by atoms with Gasteiger partial charge in [-0.05, 0) is 60.4 Å². The zero-order valence-corrected chi connectivity index (χ0v) is 19.8. The number of nitrogens with zero attached hydrogens (tertiary/aromatic N) is 1. The Hall–Kier alpha value is -3.93. The number of rotatable bonds is 8. The standard InChI is InChI=1S/C29H28FNO4/c1-3-4-16-31-26(21-10-13-23(30)14-11-21)25(28(33)29(31)34)27(32)22-12-15-24(19(2)17-22)35-18-20-8-6-5-7-9-20/h5-15,17,26,32H,3-4,16,18H2,1-2H3/b27-25-. The Morgan fingerprint density at radius 1 is 1.03 bits per heavy atom. The zero-order chi connectivity index (χ0) is 24.9. The lowest BCUT2D eigenvalue weighted by molar-refractivity contribution is -0.139. The van der Waals surface area contributed by atoms with E-state index in [0.717, 1.165) is 17.5 Å². The Kier molecular flexibility index (Phi) is 7.30. The number of Topliss-reactive ketones (excluding diaryl/α,β-unsaturated/α-hetero) is 1. The van der Waals surface area contributed by atoms with Crippen molar-refractivity contribution in [3.8, 4) is 5.75 Å². The second kappa shape index (κ2) is 10.6. The first-order valence-corrected chi connectivity index (χ1v) is 11.7. The average Bonchev–Trinajstić information content (AvgIpc) is 3.12. The number of benzene rings is 3. The van der Waals surface area contributed by atoms with E-state index in [2.05, 4.69) is 0 Å². The second-order valence-corrected chi connectivity index (χ2v) is 8.65. The molecule has 0 saturated carbocycles. The van der Waals surface area contributed by atoms with Gasteiger partial charge in [-0.25, -0.2) is 4.39 Å². The van der Waals surface area contributed by atoms with Gasteiger partial charge >= 0.3 is 0 Å². The van der Waals surface area contributed by atoms with E-state index in [4.69, 9.17) is 4.74 Å². The highest BCUT2D eigenvalue weighted by atomic mass is 19.1. The molecule has 1 unspecified atom stereocenters. The van der Waals surface area contributed by atoms with Crippen molar-refractivity contribution in [3.63, 3.8) is 0 Å². The summed E-state index contributed by atoms with van der Waals surface area (Å²) in [6, 6.07) is 19.8. The number of halogens is 1. The van der Waals surface area contributed by atoms with E-state index in [1.807, 2.05) is 44.2 Å². The lowest BCUT2D eigenvalue weighted by atomic mass is 9.94. The van der Waals surface area contributed by atoms with Crippen LogP contribution in [0, 0.1) is 12.7 Å². The topological polar surface area (TPSA) is 66.8 Å². The number of unbranched alkanes of at least 4 members (excludes halogenated alkanes) is 1. The van der Waals surface area contributed by atoms with Crippen molar-refractivity contribution in [2.75, 3.05) is 6.54 Å². The van der Waals surface area contributed by atoms with Gasteiger partial charge < -0.3 is 14.7 Å². The molecule has 1 fully saturated rings. The summed E-state index contributed by atoms with van der Waals surface area (Å²) in [5, 5.41) is 11.2. The van der Waals surface area contributed by atoms with Crippen LogP contribution >= 0.6 is 0 Å². The summed E-state index contributed by atoms with van der Waals surface area (Å²) in [5.74, 6) is -1.41. The number of likely N-dealkylation sites (tertiary alicyclic amines) is 1. The van der Waals surface area contributed by atoms with E-state index < -0.39 is 23.5 Å². The molecule has 1 aliphatic heterocycles. The van der Waals surface area contributed by atoms with Crippen LogP contribution in [0.15, 0.2) is 78.4 Å². The van der Waals surface area contributed by atoms with Gasteiger partial charge in [-0.3, -0.25) is 9.59 Å². The van der Waals surface area contributed by atoms with E-state index in [-0.39, 0.29) is 11.3 Å². The number of hydrogen-bond donors (Lipinski definition) is 1. The molecule has 3 aromatic rings. The number of hydrogen-bond acceptors (Lipinski definition) is 4. The average molecular weight is 474 g/mol. The Labute approximate surface area is 204 Å². The molecule has 180 valence electrons. The minimum atomic E-state index is -0.781. The van der Waals surface area contributed by atoms with E-state index in [1.54, 1.807) is 30.3 Å². The lowest BCUT2D eigenvalue weighted by Crippen LogP contribution is -2.30. The van der Waals surface area contributed by atoms with Crippen LogP contribution in [0.25, 0.3) is 5.76 Å². The van der Waals surface area contributed by atoms with E-state index >= 15 is 0 Å². The molecule has 1 aliphatic rings. The first-order chi connectivity index (χ1) is 16.9. The summed E-state index contributed by atoms with van der Waals surface area (Å²) in [6.45, 7) is 4.62. The minimum absolute atomic E-state index is 0.00932. The van der Waals surface area contributed by atoms with Gasteiger partial charge in [-0.1, -0.05) is 55.8 Å². The zero-order valence-electron chi connectivity index (χ0n) is 19.8. The van der Waals surface area contributed by atoms with Gasteiger partial charge in [-0.15, -0.1) is 0 Å². The lowest BCUT2D eigenvalue weighted by Gasteiger charge is -2.25. The normalized spacial score (nSPS) is 17.1. The van der Waals surface area contributed by atoms with Gasteiger partial charge in [0.25, 0.3) is 11.7 Å². The molecule has 5 nitrogen and oxygen atoms in total. The van der Waals surface area contributed by atoms with Crippen LogP contribution in [-0.2, 0) is 16.2 Å². The third kappa shape index (κ3) is 5.11. The van der Waals surface area contributed by atoms with E-state index in [1.165, 1.54) is 17.0 Å². The fraction of sp³-hybridized carbons (Fsp3) is 0.241. The maximum absolute atomic E-state index is 13.6. The van der Waals surface area contributed by atoms with Crippen molar-refractivity contribution in [1.29, 1.82) is 0 Å². The monoisotopic (exact) mass is 473 g/mol. The van der Waals surface area contributed by atoms with Gasteiger partial charge in [0.05, 0.1) is 11.6 Å². The van der Waals surface area contributed by atoms with E-state index in [0.29, 0.717) is 36.4 Å². The first-order valence-electron chi connectivity index (χ1n) is 11.7. The highest BCUT2D eigenvalue weighted by Gasteiger charge is 2.45. The third-order valence-corrected chi connectivity index (χ3v) is 6.16. The van der Waals surface area contributed by atoms with Crippen LogP contribution in [0.1, 0.15) is 48.1 Å². The summed E-state index contributed by atoms with van der Waals surface area (Å²) in [5.41, 5.74) is 2.81. The molecular weight excluding hydrogens is 445 g/mol. The number of ketones is 1. The van der Waals surface area contributed by atoms with Crippen molar-refractivity contribution in [3.05, 3.63) is 106 Å². The second-order valence-electron chi connectivity index (χ2n) is 8.65. The summed E-state index contributed by atoms with van der Waals surface area (Å²) in [4.78, 5) is 27.4. The number of aryl methyl sites for hydroxylation is 1. The van der Waals surface area contributed by atoms with Crippen LogP contribution in [0.5, 0.6) is 5.75 Å². The summed E-state index contributed by atoms with van der Waals surface area (Å²) < 4.78 is 19.5. The SMILES string of the molecule is CCCCN1C(=O)C(=O)/C(=C(\O)c2ccc(OCc3ccccc3)c(C)c2)C1c1ccc(F)cc1. The molecule has 0 aliphatic carbocycles. The molecule has 1 saturated heterocycles.